The van der Waals surface area contributed by atoms with Crippen molar-refractivity contribution >= 4 is 25.3 Å². The second-order valence-electron chi connectivity index (χ2n) is 9.23. The Morgan fingerprint density at radius 2 is 1.22 bits per heavy atom. The molecule has 2 aliphatic carbocycles. The monoisotopic (exact) mass is 602 g/mol. The number of allylic oxidation sites excluding steroid dienone is 2. The zero-order valence-electron chi connectivity index (χ0n) is 20.3. The molecule has 0 bridgehead atoms. The molecule has 0 amide bonds. The number of hydrogen-bond donors (Lipinski definition) is 0. The number of hydrogen-bond acceptors (Lipinski definition) is 0. The minimum Gasteiger partial charge on any atom is -1.00 e. The van der Waals surface area contributed by atoms with Crippen LogP contribution in [0.5, 0.6) is 0 Å². The van der Waals surface area contributed by atoms with Crippen molar-refractivity contribution in [2.75, 3.05) is 0 Å². The predicted octanol–water partition coefficient (Wildman–Crippen LogP) is 2.39. The van der Waals surface area contributed by atoms with E-state index in [1.807, 2.05) is 0 Å². The average Bonchev–Trinajstić information content (AvgIpc) is 3.34. The van der Waals surface area contributed by atoms with E-state index in [0.29, 0.717) is 7.25 Å². The molecule has 4 heteroatoms. The maximum absolute atomic E-state index is 2.48. The van der Waals surface area contributed by atoms with E-state index in [-0.39, 0.29) is 24.8 Å². The van der Waals surface area contributed by atoms with Crippen molar-refractivity contribution < 1.29 is 48.0 Å². The Hall–Kier alpha value is -1.75. The third-order valence-corrected chi connectivity index (χ3v) is 14.0. The minimum absolute atomic E-state index is 0. The van der Waals surface area contributed by atoms with E-state index in [4.69, 9.17) is 0 Å². The molecule has 0 aliphatic heterocycles. The summed E-state index contributed by atoms with van der Waals surface area (Å²) in [5.74, 6) is 0. The molecule has 0 heterocycles. The van der Waals surface area contributed by atoms with Crippen molar-refractivity contribution in [3.05, 3.63) is 137 Å². The molecule has 0 nitrogen and oxygen atoms in total. The van der Waals surface area contributed by atoms with Gasteiger partial charge < -0.3 is 24.8 Å². The van der Waals surface area contributed by atoms with Crippen molar-refractivity contribution in [1.82, 2.24) is 0 Å². The van der Waals surface area contributed by atoms with E-state index in [9.17, 15) is 0 Å². The first-order chi connectivity index (χ1) is 16.7. The third kappa shape index (κ3) is 5.02. The molecule has 0 radical (unpaired) electrons. The molecule has 4 aromatic rings. The molecule has 0 saturated heterocycles. The Bertz CT molecular complexity index is 1430. The van der Waals surface area contributed by atoms with Crippen LogP contribution in [0.3, 0.4) is 0 Å². The first-order valence-electron chi connectivity index (χ1n) is 12.0. The second-order valence-corrected chi connectivity index (χ2v) is 14.2. The summed E-state index contributed by atoms with van der Waals surface area (Å²) in [7, 11) is 0.733. The topological polar surface area (TPSA) is 0 Å². The summed E-state index contributed by atoms with van der Waals surface area (Å²) in [6, 6.07) is 38.1. The van der Waals surface area contributed by atoms with E-state index in [1.54, 1.807) is 27.6 Å². The van der Waals surface area contributed by atoms with Gasteiger partial charge in [0.25, 0.3) is 0 Å². The van der Waals surface area contributed by atoms with E-state index >= 15 is 0 Å². The minimum atomic E-state index is -0.850. The van der Waals surface area contributed by atoms with Crippen LogP contribution in [0.1, 0.15) is 43.4 Å². The van der Waals surface area contributed by atoms with Crippen LogP contribution >= 0.6 is 8.58 Å². The summed E-state index contributed by atoms with van der Waals surface area (Å²) in [5.41, 5.74) is 12.0. The Labute approximate surface area is 240 Å². The SMILES string of the molecule is CC1=Cc2c(-c3ccccc3)cccc2[CH]1[Zr+2][CH]1C(C)=C(Pc2ccccc2)c2ccccc21.[Cl-].[Cl-]. The van der Waals surface area contributed by atoms with E-state index < -0.39 is 23.2 Å². The standard InChI is InChI=1S/C16H14P.C16H13.2ClH.Zr/c1-12-11-13-7-5-6-10-15(13)16(12)17-14-8-3-2-4-9-14;1-12-10-14-8-5-9-15(16(14)11-12)13-6-3-2-4-7-13;;;/h2-11,17H,1H3;2-11H,1H3;2*1H;/q;;;;+2/p-2. The quantitative estimate of drug-likeness (QED) is 0.307. The van der Waals surface area contributed by atoms with Crippen molar-refractivity contribution in [3.63, 3.8) is 0 Å². The van der Waals surface area contributed by atoms with Crippen LogP contribution in [0.25, 0.3) is 22.5 Å². The molecule has 36 heavy (non-hydrogen) atoms. The second kappa shape index (κ2) is 11.8. The maximum Gasteiger partial charge on any atom is -1.00 e. The fourth-order valence-corrected chi connectivity index (χ4v) is 11.9. The zero-order chi connectivity index (χ0) is 23.1. The molecule has 0 saturated carbocycles. The molecule has 2 aliphatic rings. The van der Waals surface area contributed by atoms with Gasteiger partial charge in [-0.15, -0.1) is 0 Å². The van der Waals surface area contributed by atoms with Crippen LogP contribution in [0.2, 0.25) is 0 Å². The molecule has 0 fully saturated rings. The van der Waals surface area contributed by atoms with Crippen molar-refractivity contribution in [1.29, 1.82) is 0 Å². The van der Waals surface area contributed by atoms with E-state index in [2.05, 4.69) is 123 Å². The molecule has 0 spiro atoms. The van der Waals surface area contributed by atoms with Gasteiger partial charge in [-0.2, -0.15) is 0 Å². The number of halogens is 2. The zero-order valence-corrected chi connectivity index (χ0v) is 25.3. The first-order valence-corrected chi connectivity index (χ1v) is 15.8. The molecule has 178 valence electrons. The predicted molar refractivity (Wildman–Crippen MR) is 144 cm³/mol. The van der Waals surface area contributed by atoms with Gasteiger partial charge in [0.2, 0.25) is 0 Å². The smallest absolute Gasteiger partial charge is 1.00 e. The van der Waals surface area contributed by atoms with Gasteiger partial charge in [-0.05, 0) is 0 Å². The summed E-state index contributed by atoms with van der Waals surface area (Å²) in [4.78, 5) is 0. The van der Waals surface area contributed by atoms with Crippen molar-refractivity contribution in [3.8, 4) is 11.1 Å². The maximum atomic E-state index is 2.48. The van der Waals surface area contributed by atoms with Gasteiger partial charge in [0.15, 0.2) is 0 Å². The van der Waals surface area contributed by atoms with Gasteiger partial charge in [0, 0.05) is 0 Å². The molecule has 3 atom stereocenters. The Balaban J connectivity index is 0.00000152. The van der Waals surface area contributed by atoms with Crippen molar-refractivity contribution in [2.24, 2.45) is 0 Å². The molecular formula is C32H27Cl2PZr. The Morgan fingerprint density at radius 3 is 1.97 bits per heavy atom. The van der Waals surface area contributed by atoms with Crippen molar-refractivity contribution in [2.45, 2.75) is 21.1 Å². The molecule has 0 aromatic heterocycles. The van der Waals surface area contributed by atoms with Crippen LogP contribution in [-0.4, -0.2) is 0 Å². The average molecular weight is 605 g/mol. The van der Waals surface area contributed by atoms with Crippen LogP contribution in [0.4, 0.5) is 0 Å². The van der Waals surface area contributed by atoms with Crippen LogP contribution < -0.4 is 30.1 Å². The van der Waals surface area contributed by atoms with E-state index in [0.717, 1.165) is 8.58 Å². The van der Waals surface area contributed by atoms with Crippen LogP contribution in [0.15, 0.2) is 114 Å². The molecule has 4 aromatic carbocycles. The largest absolute Gasteiger partial charge is 1.00 e. The van der Waals surface area contributed by atoms with Gasteiger partial charge >= 0.3 is 217 Å². The van der Waals surface area contributed by atoms with Crippen LogP contribution in [-0.2, 0) is 23.2 Å². The molecule has 3 unspecified atom stereocenters. The summed E-state index contributed by atoms with van der Waals surface area (Å²) in [5, 5.41) is 3.03. The number of fused-ring (bicyclic) bond motifs is 2. The Kier molecular flexibility index (Phi) is 8.91. The van der Waals surface area contributed by atoms with Gasteiger partial charge in [-0.3, -0.25) is 0 Å². The number of rotatable bonds is 5. The van der Waals surface area contributed by atoms with Gasteiger partial charge in [0.05, 0.1) is 0 Å². The first kappa shape index (κ1) is 27.3. The fraction of sp³-hybridized carbons (Fsp3) is 0.125. The van der Waals surface area contributed by atoms with Gasteiger partial charge in [0.1, 0.15) is 0 Å². The summed E-state index contributed by atoms with van der Waals surface area (Å²) >= 11 is -0.850. The van der Waals surface area contributed by atoms with Gasteiger partial charge in [-0.1, -0.05) is 0 Å². The molecule has 6 rings (SSSR count). The normalized spacial score (nSPS) is 17.7. The molecular weight excluding hydrogens is 577 g/mol. The third-order valence-electron chi connectivity index (χ3n) is 7.11. The number of benzene rings is 4. The summed E-state index contributed by atoms with van der Waals surface area (Å²) in [6.07, 6.45) is 2.48. The van der Waals surface area contributed by atoms with E-state index in [1.165, 1.54) is 27.6 Å². The summed E-state index contributed by atoms with van der Waals surface area (Å²) in [6.45, 7) is 4.79. The van der Waals surface area contributed by atoms with Gasteiger partial charge in [-0.25, -0.2) is 0 Å². The summed E-state index contributed by atoms with van der Waals surface area (Å²) < 4.78 is 1.28. The van der Waals surface area contributed by atoms with Crippen LogP contribution in [0, 0.1) is 0 Å². The fourth-order valence-electron chi connectivity index (χ4n) is 5.42. The Morgan fingerprint density at radius 1 is 0.611 bits per heavy atom. The molecule has 0 N–H and O–H groups in total.